The quantitative estimate of drug-likeness (QED) is 0.852. The van der Waals surface area contributed by atoms with Crippen molar-refractivity contribution in [3.05, 3.63) is 71.3 Å². The molecule has 0 aliphatic heterocycles. The molecule has 1 fully saturated rings. The third-order valence-corrected chi connectivity index (χ3v) is 3.95. The van der Waals surface area contributed by atoms with Crippen LogP contribution >= 0.6 is 0 Å². The summed E-state index contributed by atoms with van der Waals surface area (Å²) in [6.45, 7) is 0.582. The fourth-order valence-corrected chi connectivity index (χ4v) is 2.69. The zero-order valence-corrected chi connectivity index (χ0v) is 11.8. The average molecular weight is 281 g/mol. The van der Waals surface area contributed by atoms with Gasteiger partial charge in [-0.2, -0.15) is 0 Å². The second-order valence-electron chi connectivity index (χ2n) is 5.54. The number of nitrogens with one attached hydrogen (secondary N) is 1. The molecule has 1 saturated carbocycles. The Balaban J connectivity index is 1.75. The van der Waals surface area contributed by atoms with Crippen LogP contribution in [0.5, 0.6) is 0 Å². The molecule has 21 heavy (non-hydrogen) atoms. The highest BCUT2D eigenvalue weighted by Gasteiger charge is 2.26. The summed E-state index contributed by atoms with van der Waals surface area (Å²) in [7, 11) is 0. The topological polar surface area (TPSA) is 49.3 Å². The van der Waals surface area contributed by atoms with Crippen LogP contribution in [0.1, 0.15) is 41.5 Å². The van der Waals surface area contributed by atoms with Crippen LogP contribution in [0, 0.1) is 0 Å². The van der Waals surface area contributed by atoms with Crippen LogP contribution in [0.25, 0.3) is 0 Å². The first-order valence-electron chi connectivity index (χ1n) is 7.34. The Morgan fingerprint density at radius 3 is 2.43 bits per heavy atom. The van der Waals surface area contributed by atoms with Crippen molar-refractivity contribution in [2.75, 3.05) is 0 Å². The molecule has 0 amide bonds. The van der Waals surface area contributed by atoms with Crippen molar-refractivity contribution >= 4 is 5.97 Å². The lowest BCUT2D eigenvalue weighted by molar-refractivity contribution is -0.139. The first kappa shape index (κ1) is 13.8. The van der Waals surface area contributed by atoms with E-state index >= 15 is 0 Å². The summed E-state index contributed by atoms with van der Waals surface area (Å²) in [5, 5.41) is 12.6. The van der Waals surface area contributed by atoms with Gasteiger partial charge in [-0.1, -0.05) is 54.6 Å². The maximum atomic E-state index is 11.5. The van der Waals surface area contributed by atoms with Gasteiger partial charge in [0.05, 0.1) is 0 Å². The highest BCUT2D eigenvalue weighted by molar-refractivity contribution is 5.75. The van der Waals surface area contributed by atoms with Crippen LogP contribution in [0.4, 0.5) is 0 Å². The zero-order chi connectivity index (χ0) is 14.7. The average Bonchev–Trinajstić information content (AvgIpc) is 3.33. The monoisotopic (exact) mass is 281 g/mol. The van der Waals surface area contributed by atoms with Gasteiger partial charge in [0.25, 0.3) is 0 Å². The Bertz CT molecular complexity index is 620. The highest BCUT2D eigenvalue weighted by atomic mass is 16.4. The van der Waals surface area contributed by atoms with Gasteiger partial charge in [0, 0.05) is 6.54 Å². The minimum Gasteiger partial charge on any atom is -0.480 e. The van der Waals surface area contributed by atoms with Gasteiger partial charge in [0.2, 0.25) is 0 Å². The van der Waals surface area contributed by atoms with Gasteiger partial charge in [0.15, 0.2) is 0 Å². The Morgan fingerprint density at radius 2 is 1.76 bits per heavy atom. The molecule has 0 bridgehead atoms. The molecule has 1 aliphatic rings. The summed E-state index contributed by atoms with van der Waals surface area (Å²) < 4.78 is 0. The van der Waals surface area contributed by atoms with Crippen LogP contribution in [-0.2, 0) is 11.3 Å². The fraction of sp³-hybridized carbons (Fsp3) is 0.278. The number of aliphatic carboxylic acids is 1. The van der Waals surface area contributed by atoms with Gasteiger partial charge < -0.3 is 5.11 Å². The number of hydrogen-bond donors (Lipinski definition) is 2. The van der Waals surface area contributed by atoms with Crippen molar-refractivity contribution in [3.8, 4) is 0 Å². The van der Waals surface area contributed by atoms with E-state index in [2.05, 4.69) is 23.5 Å². The van der Waals surface area contributed by atoms with Crippen LogP contribution < -0.4 is 5.32 Å². The van der Waals surface area contributed by atoms with Crippen LogP contribution in [0.15, 0.2) is 54.6 Å². The van der Waals surface area contributed by atoms with E-state index < -0.39 is 12.0 Å². The Hall–Kier alpha value is -2.13. The highest BCUT2D eigenvalue weighted by Crippen LogP contribution is 2.41. The van der Waals surface area contributed by atoms with Crippen molar-refractivity contribution < 1.29 is 9.90 Å². The molecule has 1 aliphatic carbocycles. The molecule has 0 aromatic heterocycles. The van der Waals surface area contributed by atoms with Gasteiger partial charge in [0.1, 0.15) is 6.04 Å². The zero-order valence-electron chi connectivity index (χ0n) is 11.8. The van der Waals surface area contributed by atoms with Gasteiger partial charge in [-0.15, -0.1) is 0 Å². The SMILES string of the molecule is O=C(O)C(NCc1ccccc1C1CC1)c1ccccc1. The van der Waals surface area contributed by atoms with E-state index in [9.17, 15) is 9.90 Å². The van der Waals surface area contributed by atoms with E-state index in [-0.39, 0.29) is 0 Å². The van der Waals surface area contributed by atoms with E-state index in [0.29, 0.717) is 12.5 Å². The van der Waals surface area contributed by atoms with E-state index in [4.69, 9.17) is 0 Å². The molecule has 2 N–H and O–H groups in total. The molecule has 2 aromatic rings. The Labute approximate surface area is 124 Å². The molecule has 3 nitrogen and oxygen atoms in total. The molecule has 3 heteroatoms. The number of carboxylic acids is 1. The molecular weight excluding hydrogens is 262 g/mol. The standard InChI is InChI=1S/C18H19NO2/c20-18(21)17(14-6-2-1-3-7-14)19-12-15-8-4-5-9-16(15)13-10-11-13/h1-9,13,17,19H,10-12H2,(H,20,21). The number of carboxylic acid groups (broad SMARTS) is 1. The summed E-state index contributed by atoms with van der Waals surface area (Å²) in [6, 6.07) is 17.0. The maximum absolute atomic E-state index is 11.5. The van der Waals surface area contributed by atoms with Crippen molar-refractivity contribution in [2.24, 2.45) is 0 Å². The predicted molar refractivity (Wildman–Crippen MR) is 82.1 cm³/mol. The summed E-state index contributed by atoms with van der Waals surface area (Å²) in [6.07, 6.45) is 2.50. The van der Waals surface area contributed by atoms with Crippen molar-refractivity contribution in [1.29, 1.82) is 0 Å². The van der Waals surface area contributed by atoms with Gasteiger partial charge in [-0.25, -0.2) is 0 Å². The Morgan fingerprint density at radius 1 is 1.10 bits per heavy atom. The number of hydrogen-bond acceptors (Lipinski definition) is 2. The summed E-state index contributed by atoms with van der Waals surface area (Å²) in [5.74, 6) is -0.173. The molecule has 3 rings (SSSR count). The molecule has 0 heterocycles. The van der Waals surface area contributed by atoms with Gasteiger partial charge >= 0.3 is 5.97 Å². The minimum absolute atomic E-state index is 0.582. The minimum atomic E-state index is -0.842. The molecule has 0 saturated heterocycles. The van der Waals surface area contributed by atoms with E-state index in [0.717, 1.165) is 5.56 Å². The smallest absolute Gasteiger partial charge is 0.325 e. The lowest BCUT2D eigenvalue weighted by Crippen LogP contribution is -2.28. The first-order valence-corrected chi connectivity index (χ1v) is 7.34. The van der Waals surface area contributed by atoms with Crippen molar-refractivity contribution in [2.45, 2.75) is 31.3 Å². The summed E-state index contributed by atoms with van der Waals surface area (Å²) >= 11 is 0. The largest absolute Gasteiger partial charge is 0.480 e. The first-order chi connectivity index (χ1) is 10.3. The normalized spacial score (nSPS) is 15.6. The summed E-state index contributed by atoms with van der Waals surface area (Å²) in [4.78, 5) is 11.5. The predicted octanol–water partition coefficient (Wildman–Crippen LogP) is 3.48. The molecule has 1 atom stereocenters. The van der Waals surface area contributed by atoms with Gasteiger partial charge in [-0.3, -0.25) is 10.1 Å². The van der Waals surface area contributed by atoms with E-state index in [1.807, 2.05) is 36.4 Å². The molecular formula is C18H19NO2. The molecule has 2 aromatic carbocycles. The second kappa shape index (κ2) is 6.10. The number of carbonyl (C=O) groups is 1. The molecule has 108 valence electrons. The van der Waals surface area contributed by atoms with E-state index in [1.54, 1.807) is 0 Å². The lowest BCUT2D eigenvalue weighted by Gasteiger charge is -2.16. The lowest BCUT2D eigenvalue weighted by atomic mass is 10.0. The number of benzene rings is 2. The van der Waals surface area contributed by atoms with Crippen LogP contribution in [0.3, 0.4) is 0 Å². The van der Waals surface area contributed by atoms with Crippen molar-refractivity contribution in [3.63, 3.8) is 0 Å². The van der Waals surface area contributed by atoms with Crippen LogP contribution in [0.2, 0.25) is 0 Å². The third-order valence-electron chi connectivity index (χ3n) is 3.95. The maximum Gasteiger partial charge on any atom is 0.325 e. The second-order valence-corrected chi connectivity index (χ2v) is 5.54. The molecule has 1 unspecified atom stereocenters. The molecule has 0 radical (unpaired) electrons. The number of rotatable bonds is 6. The summed E-state index contributed by atoms with van der Waals surface area (Å²) in [5.41, 5.74) is 3.36. The Kier molecular flexibility index (Phi) is 4.02. The van der Waals surface area contributed by atoms with E-state index in [1.165, 1.54) is 24.0 Å². The third kappa shape index (κ3) is 3.31. The van der Waals surface area contributed by atoms with Crippen LogP contribution in [-0.4, -0.2) is 11.1 Å². The fourth-order valence-electron chi connectivity index (χ4n) is 2.69. The van der Waals surface area contributed by atoms with Crippen molar-refractivity contribution in [1.82, 2.24) is 5.32 Å². The van der Waals surface area contributed by atoms with Gasteiger partial charge in [-0.05, 0) is 35.4 Å². The molecule has 0 spiro atoms.